The number of hydrogen-bond acceptors (Lipinski definition) is 8. The number of rotatable bonds is 9. The van der Waals surface area contributed by atoms with E-state index in [0.29, 0.717) is 44.6 Å². The van der Waals surface area contributed by atoms with Gasteiger partial charge in [0.2, 0.25) is 0 Å². The second-order valence-corrected chi connectivity index (χ2v) is 8.36. The lowest BCUT2D eigenvalue weighted by Gasteiger charge is -2.13. The van der Waals surface area contributed by atoms with Gasteiger partial charge in [0.25, 0.3) is 11.5 Å². The lowest BCUT2D eigenvalue weighted by atomic mass is 10.2. The Hall–Kier alpha value is -4.31. The van der Waals surface area contributed by atoms with E-state index in [2.05, 4.69) is 15.5 Å². The fraction of sp³-hybridized carbons (Fsp3) is 0.154. The van der Waals surface area contributed by atoms with Crippen LogP contribution < -0.4 is 25.2 Å². The van der Waals surface area contributed by atoms with Crippen molar-refractivity contribution in [2.75, 3.05) is 27.1 Å². The van der Waals surface area contributed by atoms with Crippen LogP contribution in [0.1, 0.15) is 5.56 Å². The van der Waals surface area contributed by atoms with Gasteiger partial charge in [-0.25, -0.2) is 10.4 Å². The first-order valence-electron chi connectivity index (χ1n) is 10.9. The molecule has 0 aliphatic carbocycles. The molecule has 184 valence electrons. The molecule has 0 saturated heterocycles. The van der Waals surface area contributed by atoms with Gasteiger partial charge in [0.15, 0.2) is 16.7 Å². The summed E-state index contributed by atoms with van der Waals surface area (Å²) in [6.45, 7) is 0. The third-order valence-corrected chi connectivity index (χ3v) is 6.16. The summed E-state index contributed by atoms with van der Waals surface area (Å²) in [4.78, 5) is 30.4. The van der Waals surface area contributed by atoms with Crippen LogP contribution in [-0.4, -0.2) is 48.8 Å². The van der Waals surface area contributed by atoms with Gasteiger partial charge in [-0.2, -0.15) is 5.10 Å². The van der Waals surface area contributed by atoms with Gasteiger partial charge in [0.1, 0.15) is 5.75 Å². The maximum Gasteiger partial charge on any atom is 0.266 e. The molecule has 0 fully saturated rings. The van der Waals surface area contributed by atoms with E-state index in [1.165, 1.54) is 32.1 Å². The number of hydrogen-bond donors (Lipinski definition) is 1. The van der Waals surface area contributed by atoms with Crippen molar-refractivity contribution >= 4 is 34.8 Å². The number of nitrogens with one attached hydrogen (secondary N) is 1. The summed E-state index contributed by atoms with van der Waals surface area (Å²) in [6, 6.07) is 19.7. The Morgan fingerprint density at radius 2 is 1.64 bits per heavy atom. The van der Waals surface area contributed by atoms with Crippen LogP contribution in [0.3, 0.4) is 0 Å². The van der Waals surface area contributed by atoms with Crippen molar-refractivity contribution in [1.82, 2.24) is 15.0 Å². The molecule has 0 aliphatic heterocycles. The number of carbonyl (C=O) groups is 1. The number of ether oxygens (including phenoxy) is 3. The van der Waals surface area contributed by atoms with Crippen molar-refractivity contribution in [1.29, 1.82) is 0 Å². The Kier molecular flexibility index (Phi) is 7.86. The van der Waals surface area contributed by atoms with Crippen LogP contribution in [0, 0.1) is 0 Å². The largest absolute Gasteiger partial charge is 0.496 e. The van der Waals surface area contributed by atoms with Gasteiger partial charge in [0, 0.05) is 11.6 Å². The number of aromatic nitrogens is 2. The highest BCUT2D eigenvalue weighted by Gasteiger charge is 2.15. The fourth-order valence-corrected chi connectivity index (χ4v) is 4.31. The van der Waals surface area contributed by atoms with Crippen LogP contribution in [0.2, 0.25) is 0 Å². The first-order chi connectivity index (χ1) is 17.5. The minimum absolute atomic E-state index is 0.00196. The Morgan fingerprint density at radius 1 is 0.972 bits per heavy atom. The molecule has 4 aromatic rings. The van der Waals surface area contributed by atoms with E-state index < -0.39 is 0 Å². The lowest BCUT2D eigenvalue weighted by Crippen LogP contribution is -2.24. The van der Waals surface area contributed by atoms with Gasteiger partial charge in [-0.3, -0.25) is 14.2 Å². The number of benzene rings is 3. The number of amides is 1. The van der Waals surface area contributed by atoms with Crippen molar-refractivity contribution in [3.63, 3.8) is 0 Å². The normalized spacial score (nSPS) is 11.0. The summed E-state index contributed by atoms with van der Waals surface area (Å²) < 4.78 is 17.5. The Bertz CT molecular complexity index is 1470. The van der Waals surface area contributed by atoms with E-state index >= 15 is 0 Å². The number of nitrogens with zero attached hydrogens (tertiary/aromatic N) is 3. The number of thioether (sulfide) groups is 1. The van der Waals surface area contributed by atoms with Crippen LogP contribution in [-0.2, 0) is 4.79 Å². The number of fused-ring (bicyclic) bond motifs is 1. The second kappa shape index (κ2) is 11.4. The molecule has 9 nitrogen and oxygen atoms in total. The molecule has 0 spiro atoms. The molecular weight excluding hydrogens is 480 g/mol. The molecule has 4 rings (SSSR count). The highest BCUT2D eigenvalue weighted by molar-refractivity contribution is 7.99. The van der Waals surface area contributed by atoms with Crippen LogP contribution in [0.4, 0.5) is 0 Å². The summed E-state index contributed by atoms with van der Waals surface area (Å²) in [5.41, 5.74) is 4.13. The monoisotopic (exact) mass is 504 g/mol. The Labute approximate surface area is 211 Å². The molecule has 0 radical (unpaired) electrons. The minimum atomic E-state index is -0.363. The average Bonchev–Trinajstić information content (AvgIpc) is 2.92. The molecule has 0 aliphatic rings. The molecule has 1 amide bonds. The number of hydrazone groups is 1. The van der Waals surface area contributed by atoms with Gasteiger partial charge < -0.3 is 14.2 Å². The van der Waals surface area contributed by atoms with Crippen LogP contribution in [0.25, 0.3) is 16.6 Å². The SMILES string of the molecule is COc1cc(OC)c(OC)cc1/C=N/NC(=O)CSc1nc2ccccc2c(=O)n1-c1ccccc1. The molecule has 36 heavy (non-hydrogen) atoms. The molecule has 0 saturated carbocycles. The van der Waals surface area contributed by atoms with Gasteiger partial charge in [-0.05, 0) is 30.3 Å². The van der Waals surface area contributed by atoms with Gasteiger partial charge >= 0.3 is 0 Å². The third kappa shape index (κ3) is 5.33. The third-order valence-electron chi connectivity index (χ3n) is 5.22. The quantitative estimate of drug-likeness (QED) is 0.161. The smallest absolute Gasteiger partial charge is 0.266 e. The molecular formula is C26H24N4O5S. The van der Waals surface area contributed by atoms with E-state index in [1.54, 1.807) is 30.3 Å². The predicted molar refractivity (Wildman–Crippen MR) is 140 cm³/mol. The summed E-state index contributed by atoms with van der Waals surface area (Å²) in [7, 11) is 4.58. The van der Waals surface area contributed by atoms with Crippen molar-refractivity contribution < 1.29 is 19.0 Å². The standard InChI is InChI=1S/C26H24N4O5S/c1-33-21-14-23(35-3)22(34-2)13-17(21)15-27-29-24(31)16-36-26-28-20-12-8-7-11-19(20)25(32)30(26)18-9-5-4-6-10-18/h4-15H,16H2,1-3H3,(H,29,31)/b27-15+. The predicted octanol–water partition coefficient (Wildman–Crippen LogP) is 3.65. The summed E-state index contributed by atoms with van der Waals surface area (Å²) in [5, 5.41) is 4.95. The average molecular weight is 505 g/mol. The number of methoxy groups -OCH3 is 3. The molecule has 1 N–H and O–H groups in total. The highest BCUT2D eigenvalue weighted by atomic mass is 32.2. The van der Waals surface area contributed by atoms with Crippen molar-refractivity contribution in [3.05, 3.63) is 82.6 Å². The molecule has 0 unspecified atom stereocenters. The lowest BCUT2D eigenvalue weighted by molar-refractivity contribution is -0.118. The van der Waals surface area contributed by atoms with E-state index in [0.717, 1.165) is 11.8 Å². The zero-order valence-electron chi connectivity index (χ0n) is 19.9. The summed E-state index contributed by atoms with van der Waals surface area (Å²) >= 11 is 1.15. The van der Waals surface area contributed by atoms with E-state index in [4.69, 9.17) is 14.2 Å². The van der Waals surface area contributed by atoms with Crippen LogP contribution >= 0.6 is 11.8 Å². The molecule has 1 heterocycles. The maximum atomic E-state index is 13.2. The summed E-state index contributed by atoms with van der Waals surface area (Å²) in [6.07, 6.45) is 1.46. The van der Waals surface area contributed by atoms with E-state index in [-0.39, 0.29) is 17.2 Å². The zero-order chi connectivity index (χ0) is 25.5. The van der Waals surface area contributed by atoms with Crippen molar-refractivity contribution in [3.8, 4) is 22.9 Å². The van der Waals surface area contributed by atoms with Gasteiger partial charge in [-0.1, -0.05) is 42.1 Å². The Morgan fingerprint density at radius 3 is 2.36 bits per heavy atom. The number of carbonyl (C=O) groups excluding carboxylic acids is 1. The topological polar surface area (TPSA) is 104 Å². The fourth-order valence-electron chi connectivity index (χ4n) is 3.50. The molecule has 3 aromatic carbocycles. The number of para-hydroxylation sites is 2. The minimum Gasteiger partial charge on any atom is -0.496 e. The molecule has 0 bridgehead atoms. The summed E-state index contributed by atoms with van der Waals surface area (Å²) in [5.74, 6) is 1.16. The van der Waals surface area contributed by atoms with E-state index in [9.17, 15) is 9.59 Å². The van der Waals surface area contributed by atoms with Crippen LogP contribution in [0.15, 0.2) is 81.8 Å². The zero-order valence-corrected chi connectivity index (χ0v) is 20.7. The molecule has 10 heteroatoms. The van der Waals surface area contributed by atoms with Crippen molar-refractivity contribution in [2.45, 2.75) is 5.16 Å². The maximum absolute atomic E-state index is 13.2. The Balaban J connectivity index is 1.53. The van der Waals surface area contributed by atoms with Crippen molar-refractivity contribution in [2.24, 2.45) is 5.10 Å². The first kappa shape index (κ1) is 24.8. The molecule has 0 atom stereocenters. The first-order valence-corrected chi connectivity index (χ1v) is 11.9. The van der Waals surface area contributed by atoms with E-state index in [1.807, 2.05) is 36.4 Å². The van der Waals surface area contributed by atoms with Gasteiger partial charge in [0.05, 0.1) is 49.9 Å². The molecule has 1 aromatic heterocycles. The highest BCUT2D eigenvalue weighted by Crippen LogP contribution is 2.33. The van der Waals surface area contributed by atoms with Gasteiger partial charge in [-0.15, -0.1) is 0 Å². The second-order valence-electron chi connectivity index (χ2n) is 7.42. The van der Waals surface area contributed by atoms with Crippen LogP contribution in [0.5, 0.6) is 17.2 Å².